The van der Waals surface area contributed by atoms with E-state index < -0.39 is 5.97 Å². The van der Waals surface area contributed by atoms with Gasteiger partial charge in [-0.05, 0) is 18.2 Å². The number of aromatic nitrogens is 2. The van der Waals surface area contributed by atoms with Gasteiger partial charge in [-0.2, -0.15) is 5.10 Å². The number of amides is 2. The highest BCUT2D eigenvalue weighted by Crippen LogP contribution is 2.10. The van der Waals surface area contributed by atoms with Crippen LogP contribution in [0.2, 0.25) is 0 Å². The molecule has 0 aromatic carbocycles. The molecule has 2 amide bonds. The van der Waals surface area contributed by atoms with Crippen molar-refractivity contribution in [3.05, 3.63) is 42.1 Å². The molecule has 9 heteroatoms. The standard InChI is InChI=1S/C15H16N4O5/c20-13(10-19-4-3-11(16-19)15(22)23)17-5-7-18(8-6-17)14(21)12-2-1-9-24-12/h1-4,9H,5-8,10H2,(H,22,23). The fraction of sp³-hybridized carbons (Fsp3) is 0.333. The predicted octanol–water partition coefficient (Wildman–Crippen LogP) is 0.159. The first-order valence-corrected chi connectivity index (χ1v) is 7.42. The van der Waals surface area contributed by atoms with Crippen LogP contribution in [0.25, 0.3) is 0 Å². The van der Waals surface area contributed by atoms with Crippen molar-refractivity contribution in [2.45, 2.75) is 6.54 Å². The summed E-state index contributed by atoms with van der Waals surface area (Å²) in [6.07, 6.45) is 2.90. The van der Waals surface area contributed by atoms with Gasteiger partial charge in [-0.1, -0.05) is 0 Å². The summed E-state index contributed by atoms with van der Waals surface area (Å²) in [6.45, 7) is 1.64. The Bertz CT molecular complexity index is 744. The zero-order valence-electron chi connectivity index (χ0n) is 12.8. The smallest absolute Gasteiger partial charge is 0.356 e. The Hall–Kier alpha value is -3.10. The summed E-state index contributed by atoms with van der Waals surface area (Å²) in [6, 6.07) is 4.61. The van der Waals surface area contributed by atoms with Crippen LogP contribution >= 0.6 is 0 Å². The van der Waals surface area contributed by atoms with Gasteiger partial charge in [-0.3, -0.25) is 14.3 Å². The molecule has 1 aliphatic rings. The summed E-state index contributed by atoms with van der Waals surface area (Å²) in [5, 5.41) is 12.6. The van der Waals surface area contributed by atoms with Gasteiger partial charge in [0.05, 0.1) is 6.26 Å². The molecule has 1 saturated heterocycles. The van der Waals surface area contributed by atoms with Gasteiger partial charge in [0.1, 0.15) is 6.54 Å². The van der Waals surface area contributed by atoms with Gasteiger partial charge in [-0.15, -0.1) is 0 Å². The number of furan rings is 1. The summed E-state index contributed by atoms with van der Waals surface area (Å²) in [7, 11) is 0. The minimum absolute atomic E-state index is 0.0284. The average Bonchev–Trinajstić information content (AvgIpc) is 3.26. The lowest BCUT2D eigenvalue weighted by molar-refractivity contribution is -0.133. The zero-order chi connectivity index (χ0) is 17.1. The molecule has 126 valence electrons. The molecule has 2 aromatic rings. The molecule has 1 aliphatic heterocycles. The molecule has 3 rings (SSSR count). The van der Waals surface area contributed by atoms with Crippen LogP contribution in [0.4, 0.5) is 0 Å². The monoisotopic (exact) mass is 332 g/mol. The molecule has 9 nitrogen and oxygen atoms in total. The van der Waals surface area contributed by atoms with Crippen molar-refractivity contribution < 1.29 is 23.9 Å². The number of rotatable bonds is 4. The van der Waals surface area contributed by atoms with Gasteiger partial charge in [0.2, 0.25) is 5.91 Å². The Morgan fingerprint density at radius 2 is 1.83 bits per heavy atom. The van der Waals surface area contributed by atoms with E-state index in [-0.39, 0.29) is 29.8 Å². The second-order valence-corrected chi connectivity index (χ2v) is 5.35. The van der Waals surface area contributed by atoms with Crippen molar-refractivity contribution in [2.24, 2.45) is 0 Å². The predicted molar refractivity (Wildman–Crippen MR) is 80.4 cm³/mol. The van der Waals surface area contributed by atoms with Gasteiger partial charge >= 0.3 is 5.97 Å². The van der Waals surface area contributed by atoms with Crippen molar-refractivity contribution in [1.82, 2.24) is 19.6 Å². The summed E-state index contributed by atoms with van der Waals surface area (Å²) in [4.78, 5) is 38.5. The number of carbonyl (C=O) groups excluding carboxylic acids is 2. The molecule has 3 heterocycles. The SMILES string of the molecule is O=C(O)c1ccn(CC(=O)N2CCN(C(=O)c3ccco3)CC2)n1. The highest BCUT2D eigenvalue weighted by atomic mass is 16.4. The van der Waals surface area contributed by atoms with Crippen LogP contribution in [0.3, 0.4) is 0 Å². The van der Waals surface area contributed by atoms with E-state index in [4.69, 9.17) is 9.52 Å². The molecule has 0 radical (unpaired) electrons. The largest absolute Gasteiger partial charge is 0.476 e. The van der Waals surface area contributed by atoms with Crippen molar-refractivity contribution in [3.8, 4) is 0 Å². The number of carboxylic acid groups (broad SMARTS) is 1. The molecular formula is C15H16N4O5. The van der Waals surface area contributed by atoms with Crippen LogP contribution in [0.15, 0.2) is 35.1 Å². The third-order valence-corrected chi connectivity index (χ3v) is 3.81. The zero-order valence-corrected chi connectivity index (χ0v) is 12.8. The van der Waals surface area contributed by atoms with E-state index in [1.54, 1.807) is 21.9 Å². The first kappa shape index (κ1) is 15.8. The molecule has 0 aliphatic carbocycles. The number of piperazine rings is 1. The maximum atomic E-state index is 12.2. The maximum Gasteiger partial charge on any atom is 0.356 e. The van der Waals surface area contributed by atoms with Crippen LogP contribution in [0.1, 0.15) is 21.0 Å². The summed E-state index contributed by atoms with van der Waals surface area (Å²) in [5.41, 5.74) is -0.100. The summed E-state index contributed by atoms with van der Waals surface area (Å²) >= 11 is 0. The number of carbonyl (C=O) groups is 3. The van der Waals surface area contributed by atoms with Crippen LogP contribution in [0.5, 0.6) is 0 Å². The minimum atomic E-state index is -1.13. The van der Waals surface area contributed by atoms with E-state index in [1.807, 2.05) is 0 Å². The van der Waals surface area contributed by atoms with Crippen LogP contribution < -0.4 is 0 Å². The topological polar surface area (TPSA) is 109 Å². The molecule has 0 spiro atoms. The highest BCUT2D eigenvalue weighted by molar-refractivity contribution is 5.91. The van der Waals surface area contributed by atoms with Crippen LogP contribution in [-0.2, 0) is 11.3 Å². The second-order valence-electron chi connectivity index (χ2n) is 5.35. The number of hydrogen-bond donors (Lipinski definition) is 1. The number of hydrogen-bond acceptors (Lipinski definition) is 5. The van der Waals surface area contributed by atoms with Gasteiger partial charge in [0.25, 0.3) is 5.91 Å². The lowest BCUT2D eigenvalue weighted by Gasteiger charge is -2.34. The maximum absolute atomic E-state index is 12.2. The molecule has 1 fully saturated rings. The Balaban J connectivity index is 1.53. The Morgan fingerprint density at radius 3 is 2.42 bits per heavy atom. The van der Waals surface area contributed by atoms with E-state index in [0.717, 1.165) is 0 Å². The Kier molecular flexibility index (Phi) is 4.32. The third kappa shape index (κ3) is 3.29. The molecule has 1 N–H and O–H groups in total. The normalized spacial score (nSPS) is 14.7. The summed E-state index contributed by atoms with van der Waals surface area (Å²) < 4.78 is 6.39. The Labute approximate surface area is 137 Å². The van der Waals surface area contributed by atoms with Gasteiger partial charge < -0.3 is 19.3 Å². The lowest BCUT2D eigenvalue weighted by atomic mass is 10.2. The van der Waals surface area contributed by atoms with E-state index in [1.165, 1.54) is 23.2 Å². The van der Waals surface area contributed by atoms with Crippen molar-refractivity contribution in [2.75, 3.05) is 26.2 Å². The quantitative estimate of drug-likeness (QED) is 0.854. The van der Waals surface area contributed by atoms with Crippen LogP contribution in [-0.4, -0.2) is 68.6 Å². The molecule has 24 heavy (non-hydrogen) atoms. The van der Waals surface area contributed by atoms with Crippen molar-refractivity contribution >= 4 is 17.8 Å². The average molecular weight is 332 g/mol. The molecule has 0 unspecified atom stereocenters. The molecule has 0 saturated carbocycles. The molecule has 2 aromatic heterocycles. The van der Waals surface area contributed by atoms with Crippen molar-refractivity contribution in [1.29, 1.82) is 0 Å². The fourth-order valence-electron chi connectivity index (χ4n) is 2.52. The van der Waals surface area contributed by atoms with E-state index in [0.29, 0.717) is 26.2 Å². The molecule has 0 atom stereocenters. The van der Waals surface area contributed by atoms with E-state index >= 15 is 0 Å². The van der Waals surface area contributed by atoms with E-state index in [2.05, 4.69) is 5.10 Å². The number of carboxylic acids is 1. The lowest BCUT2D eigenvalue weighted by Crippen LogP contribution is -2.51. The minimum Gasteiger partial charge on any atom is -0.476 e. The first-order chi connectivity index (χ1) is 11.5. The van der Waals surface area contributed by atoms with Gasteiger partial charge in [0, 0.05) is 32.4 Å². The fourth-order valence-corrected chi connectivity index (χ4v) is 2.52. The Morgan fingerprint density at radius 1 is 1.12 bits per heavy atom. The molecular weight excluding hydrogens is 316 g/mol. The van der Waals surface area contributed by atoms with Gasteiger partial charge in [0.15, 0.2) is 11.5 Å². The van der Waals surface area contributed by atoms with Crippen molar-refractivity contribution in [3.63, 3.8) is 0 Å². The van der Waals surface area contributed by atoms with Crippen LogP contribution in [0, 0.1) is 0 Å². The second kappa shape index (κ2) is 6.57. The summed E-state index contributed by atoms with van der Waals surface area (Å²) in [5.74, 6) is -1.20. The molecule has 0 bridgehead atoms. The number of aromatic carboxylic acids is 1. The first-order valence-electron chi connectivity index (χ1n) is 7.42. The highest BCUT2D eigenvalue weighted by Gasteiger charge is 2.26. The third-order valence-electron chi connectivity index (χ3n) is 3.81. The van der Waals surface area contributed by atoms with Gasteiger partial charge in [-0.25, -0.2) is 4.79 Å². The van der Waals surface area contributed by atoms with E-state index in [9.17, 15) is 14.4 Å². The number of nitrogens with zero attached hydrogens (tertiary/aromatic N) is 4.